The van der Waals surface area contributed by atoms with Crippen molar-refractivity contribution in [1.82, 2.24) is 0 Å². The van der Waals surface area contributed by atoms with E-state index in [0.717, 1.165) is 0 Å². The minimum absolute atomic E-state index is 0. The van der Waals surface area contributed by atoms with Crippen molar-refractivity contribution in [3.63, 3.8) is 0 Å². The summed E-state index contributed by atoms with van der Waals surface area (Å²) in [4.78, 5) is 0. The van der Waals surface area contributed by atoms with Crippen molar-refractivity contribution in [1.29, 1.82) is 0 Å². The monoisotopic (exact) mass is 240 g/mol. The van der Waals surface area contributed by atoms with Crippen LogP contribution in [0.3, 0.4) is 0 Å². The first-order valence-corrected chi connectivity index (χ1v) is 6.89. The van der Waals surface area contributed by atoms with Crippen molar-refractivity contribution in [3.8, 4) is 0 Å². The van der Waals surface area contributed by atoms with Gasteiger partial charge in [0.2, 0.25) is 0 Å². The molecule has 0 aliphatic heterocycles. The molecule has 0 saturated heterocycles. The average molecular weight is 240 g/mol. The van der Waals surface area contributed by atoms with Crippen molar-refractivity contribution >= 4 is 0 Å². The van der Waals surface area contributed by atoms with Gasteiger partial charge in [0.25, 0.3) is 0 Å². The molecule has 0 saturated carbocycles. The van der Waals surface area contributed by atoms with Crippen LogP contribution in [0.4, 0.5) is 0 Å². The number of hydrogen-bond donors (Lipinski definition) is 0. The molecule has 0 heterocycles. The van der Waals surface area contributed by atoms with Gasteiger partial charge in [0.05, 0.1) is 0 Å². The Labute approximate surface area is 129 Å². The number of rotatable bonds is 9. The molecular weight excluding hydrogens is 215 g/mol. The summed E-state index contributed by atoms with van der Waals surface area (Å²) in [6.45, 7) is 2.27. The van der Waals surface area contributed by atoms with Gasteiger partial charge in [-0.25, -0.2) is 0 Å². The summed E-state index contributed by atoms with van der Waals surface area (Å²) in [5.41, 5.74) is 1.37. The van der Waals surface area contributed by atoms with E-state index < -0.39 is 0 Å². The fourth-order valence-corrected chi connectivity index (χ4v) is 2.04. The Hall–Kier alpha value is 0.220. The van der Waals surface area contributed by atoms with Crippen LogP contribution in [0.2, 0.25) is 0 Å². The predicted octanol–water partition coefficient (Wildman–Crippen LogP) is 2.17. The molecule has 0 spiro atoms. The minimum Gasteiger partial charge on any atom is -0.180 e. The summed E-state index contributed by atoms with van der Waals surface area (Å²) in [6, 6.07) is 11.6. The summed E-state index contributed by atoms with van der Waals surface area (Å²) in [5.74, 6) is 0. The quantitative estimate of drug-likeness (QED) is 0.352. The van der Waals surface area contributed by atoms with Gasteiger partial charge in [0.1, 0.15) is 0 Å². The number of benzene rings is 1. The van der Waals surface area contributed by atoms with Gasteiger partial charge in [-0.05, 0) is 0 Å². The van der Waals surface area contributed by atoms with Gasteiger partial charge >= 0.3 is 29.6 Å². The standard InChI is InChI=1S/C16H25.Na/c1-2-3-4-5-6-7-8-10-13-16-14-11-9-12-15-16;/h9,11-12,14H,2-8,10,13H2,1H3;/q-1;+1. The molecule has 17 heavy (non-hydrogen) atoms. The third kappa shape index (κ3) is 9.88. The Morgan fingerprint density at radius 3 is 2.12 bits per heavy atom. The van der Waals surface area contributed by atoms with Crippen molar-refractivity contribution in [2.24, 2.45) is 0 Å². The van der Waals surface area contributed by atoms with E-state index in [1.54, 1.807) is 0 Å². The summed E-state index contributed by atoms with van der Waals surface area (Å²) in [7, 11) is 0. The first-order valence-electron chi connectivity index (χ1n) is 6.89. The molecule has 1 rings (SSSR count). The second kappa shape index (κ2) is 12.7. The summed E-state index contributed by atoms with van der Waals surface area (Å²) < 4.78 is 0. The maximum absolute atomic E-state index is 3.29. The fourth-order valence-electron chi connectivity index (χ4n) is 2.04. The van der Waals surface area contributed by atoms with E-state index in [2.05, 4.69) is 25.1 Å². The fraction of sp³-hybridized carbons (Fsp3) is 0.625. The molecule has 0 aromatic heterocycles. The first kappa shape index (κ1) is 17.2. The largest absolute Gasteiger partial charge is 1.00 e. The van der Waals surface area contributed by atoms with Gasteiger partial charge in [-0.2, -0.15) is 35.9 Å². The van der Waals surface area contributed by atoms with Crippen LogP contribution in [0.25, 0.3) is 0 Å². The molecule has 0 fully saturated rings. The molecule has 0 atom stereocenters. The molecule has 0 amide bonds. The molecule has 0 unspecified atom stereocenters. The van der Waals surface area contributed by atoms with Crippen LogP contribution < -0.4 is 29.6 Å². The number of unbranched alkanes of at least 4 members (excludes halogenated alkanes) is 7. The van der Waals surface area contributed by atoms with Crippen LogP contribution in [-0.2, 0) is 6.42 Å². The maximum atomic E-state index is 3.29. The molecule has 1 heteroatoms. The molecule has 90 valence electrons. The van der Waals surface area contributed by atoms with Crippen molar-refractivity contribution in [2.45, 2.75) is 64.7 Å². The summed E-state index contributed by atoms with van der Waals surface area (Å²) in [6.07, 6.45) is 12.4. The molecule has 1 aromatic carbocycles. The Bertz CT molecular complexity index is 243. The maximum Gasteiger partial charge on any atom is 1.00 e. The molecule has 1 aromatic rings. The van der Waals surface area contributed by atoms with E-state index in [9.17, 15) is 0 Å². The van der Waals surface area contributed by atoms with Gasteiger partial charge in [0, 0.05) is 0 Å². The topological polar surface area (TPSA) is 0 Å². The van der Waals surface area contributed by atoms with Crippen LogP contribution in [0.5, 0.6) is 0 Å². The minimum atomic E-state index is 0. The van der Waals surface area contributed by atoms with E-state index in [4.69, 9.17) is 0 Å². The summed E-state index contributed by atoms with van der Waals surface area (Å²) in [5, 5.41) is 0. The molecule has 0 radical (unpaired) electrons. The van der Waals surface area contributed by atoms with Gasteiger partial charge in [-0.3, -0.25) is 0 Å². The Balaban J connectivity index is 0.00000256. The zero-order valence-corrected chi connectivity index (χ0v) is 13.7. The molecule has 0 aliphatic carbocycles. The Morgan fingerprint density at radius 1 is 0.882 bits per heavy atom. The molecule has 0 nitrogen and oxygen atoms in total. The third-order valence-electron chi connectivity index (χ3n) is 3.07. The van der Waals surface area contributed by atoms with Crippen LogP contribution in [0, 0.1) is 6.07 Å². The molecule has 0 N–H and O–H groups in total. The van der Waals surface area contributed by atoms with Crippen LogP contribution in [0.1, 0.15) is 63.9 Å². The second-order valence-corrected chi connectivity index (χ2v) is 4.61. The molecule has 0 aliphatic rings. The number of aryl methyl sites for hydroxylation is 1. The zero-order chi connectivity index (χ0) is 11.5. The van der Waals surface area contributed by atoms with Crippen LogP contribution >= 0.6 is 0 Å². The van der Waals surface area contributed by atoms with Gasteiger partial charge in [-0.1, -0.05) is 64.7 Å². The van der Waals surface area contributed by atoms with Crippen molar-refractivity contribution < 1.29 is 29.6 Å². The molecule has 0 bridgehead atoms. The predicted molar refractivity (Wildman–Crippen MR) is 71.6 cm³/mol. The smallest absolute Gasteiger partial charge is 0.180 e. The van der Waals surface area contributed by atoms with Gasteiger partial charge < -0.3 is 0 Å². The van der Waals surface area contributed by atoms with E-state index in [1.807, 2.05) is 12.1 Å². The Morgan fingerprint density at radius 2 is 1.53 bits per heavy atom. The summed E-state index contributed by atoms with van der Waals surface area (Å²) >= 11 is 0. The molecular formula is C16H25Na. The van der Waals surface area contributed by atoms with Crippen molar-refractivity contribution in [3.05, 3.63) is 35.9 Å². The van der Waals surface area contributed by atoms with Gasteiger partial charge in [-0.15, -0.1) is 0 Å². The first-order chi connectivity index (χ1) is 7.93. The van der Waals surface area contributed by atoms with E-state index >= 15 is 0 Å². The van der Waals surface area contributed by atoms with E-state index in [-0.39, 0.29) is 29.6 Å². The normalized spacial score (nSPS) is 9.94. The van der Waals surface area contributed by atoms with Crippen LogP contribution in [-0.4, -0.2) is 0 Å². The van der Waals surface area contributed by atoms with E-state index in [0.29, 0.717) is 0 Å². The SMILES string of the molecule is CCCCCCCCCCc1[c-]cccc1.[Na+]. The van der Waals surface area contributed by atoms with E-state index in [1.165, 1.54) is 63.4 Å². The average Bonchev–Trinajstić information content (AvgIpc) is 2.34. The zero-order valence-electron chi connectivity index (χ0n) is 11.7. The Kier molecular flexibility index (Phi) is 12.8. The third-order valence-corrected chi connectivity index (χ3v) is 3.07. The number of hydrogen-bond acceptors (Lipinski definition) is 0. The van der Waals surface area contributed by atoms with Gasteiger partial charge in [0.15, 0.2) is 0 Å². The second-order valence-electron chi connectivity index (χ2n) is 4.61. The van der Waals surface area contributed by atoms with Crippen molar-refractivity contribution in [2.75, 3.05) is 0 Å². The van der Waals surface area contributed by atoms with Crippen LogP contribution in [0.15, 0.2) is 24.3 Å².